The van der Waals surface area contributed by atoms with Gasteiger partial charge in [-0.15, -0.1) is 0 Å². The Kier molecular flexibility index (Phi) is 7.28. The van der Waals surface area contributed by atoms with Gasteiger partial charge in [0.15, 0.2) is 5.82 Å². The average molecular weight is 606 g/mol. The first-order chi connectivity index (χ1) is 20.5. The number of halogens is 2. The van der Waals surface area contributed by atoms with E-state index in [1.54, 1.807) is 42.5 Å². The van der Waals surface area contributed by atoms with Crippen molar-refractivity contribution in [1.82, 2.24) is 29.7 Å². The number of sulfone groups is 1. The fourth-order valence-electron chi connectivity index (χ4n) is 5.47. The fourth-order valence-corrected chi connectivity index (χ4v) is 6.63. The minimum absolute atomic E-state index is 0.0154. The third-order valence-corrected chi connectivity index (χ3v) is 8.84. The summed E-state index contributed by atoms with van der Waals surface area (Å²) in [6.45, 7) is 4.44. The SMILES string of the molecule is COc1ccncc1-c1cc2c(cnn2-c2cc(N3C[C@H](CS(C)(=O)=O)[C@H]3C)cc(-c3ccc(C(F)F)nc3)n2)c(C)n1. The number of hydrogen-bond acceptors (Lipinski definition) is 9. The van der Waals surface area contributed by atoms with Crippen LogP contribution in [-0.4, -0.2) is 69.8 Å². The predicted octanol–water partition coefficient (Wildman–Crippen LogP) is 5.06. The van der Waals surface area contributed by atoms with Gasteiger partial charge in [-0.25, -0.2) is 26.9 Å². The van der Waals surface area contributed by atoms with Gasteiger partial charge in [0.2, 0.25) is 0 Å². The van der Waals surface area contributed by atoms with Crippen LogP contribution in [0.15, 0.2) is 61.2 Å². The first-order valence-corrected chi connectivity index (χ1v) is 15.6. The lowest BCUT2D eigenvalue weighted by molar-refractivity contribution is 0.146. The van der Waals surface area contributed by atoms with Crippen molar-refractivity contribution in [3.63, 3.8) is 0 Å². The summed E-state index contributed by atoms with van der Waals surface area (Å²) in [5.74, 6) is 1.21. The Hall–Kier alpha value is -4.52. The summed E-state index contributed by atoms with van der Waals surface area (Å²) in [6.07, 6.45) is 5.01. The molecule has 1 aliphatic heterocycles. The lowest BCUT2D eigenvalue weighted by Gasteiger charge is -2.48. The molecule has 43 heavy (non-hydrogen) atoms. The van der Waals surface area contributed by atoms with Crippen molar-refractivity contribution in [2.45, 2.75) is 26.3 Å². The molecule has 5 aromatic rings. The number of anilines is 1. The summed E-state index contributed by atoms with van der Waals surface area (Å²) in [5, 5.41) is 5.48. The topological polar surface area (TPSA) is 116 Å². The van der Waals surface area contributed by atoms with Crippen molar-refractivity contribution in [3.8, 4) is 34.1 Å². The molecule has 2 atom stereocenters. The van der Waals surface area contributed by atoms with Crippen LogP contribution in [0, 0.1) is 12.8 Å². The molecule has 1 aliphatic rings. The van der Waals surface area contributed by atoms with Gasteiger partial charge in [0.1, 0.15) is 21.3 Å². The molecular formula is C30H29F2N7O3S. The molecule has 0 aromatic carbocycles. The molecule has 1 saturated heterocycles. The summed E-state index contributed by atoms with van der Waals surface area (Å²) in [5.41, 5.74) is 4.45. The summed E-state index contributed by atoms with van der Waals surface area (Å²) in [7, 11) is -1.54. The van der Waals surface area contributed by atoms with Crippen molar-refractivity contribution >= 4 is 26.4 Å². The maximum absolute atomic E-state index is 13.2. The van der Waals surface area contributed by atoms with Gasteiger partial charge < -0.3 is 9.64 Å². The molecule has 10 nitrogen and oxygen atoms in total. The van der Waals surface area contributed by atoms with Gasteiger partial charge in [0.25, 0.3) is 6.43 Å². The van der Waals surface area contributed by atoms with Gasteiger partial charge in [0.05, 0.1) is 41.5 Å². The maximum Gasteiger partial charge on any atom is 0.280 e. The number of aromatic nitrogens is 6. The minimum atomic E-state index is -3.13. The van der Waals surface area contributed by atoms with Crippen molar-refractivity contribution < 1.29 is 21.9 Å². The molecule has 0 radical (unpaired) electrons. The van der Waals surface area contributed by atoms with Crippen LogP contribution in [0.2, 0.25) is 0 Å². The Morgan fingerprint density at radius 1 is 1.07 bits per heavy atom. The Morgan fingerprint density at radius 2 is 1.88 bits per heavy atom. The molecule has 0 saturated carbocycles. The lowest BCUT2D eigenvalue weighted by Crippen LogP contribution is -2.57. The van der Waals surface area contributed by atoms with Crippen LogP contribution in [0.25, 0.3) is 39.2 Å². The van der Waals surface area contributed by atoms with Crippen LogP contribution in [0.3, 0.4) is 0 Å². The highest BCUT2D eigenvalue weighted by atomic mass is 32.2. The average Bonchev–Trinajstić information content (AvgIpc) is 3.43. The smallest absolute Gasteiger partial charge is 0.280 e. The monoisotopic (exact) mass is 605 g/mol. The zero-order chi connectivity index (χ0) is 30.5. The standard InChI is InChI=1S/C30H29F2N7O3S/c1-17-22-14-35-39(27(22)11-26(36-17)23-13-33-8-7-28(23)42-3)29-10-21(38-15-20(18(38)2)16-43(4,40)41)9-25(37-29)19-5-6-24(30(31)32)34-12-19/h5-14,18,20,30H,15-16H2,1-4H3/t18-,20-/m1/s1. The highest BCUT2D eigenvalue weighted by Crippen LogP contribution is 2.36. The van der Waals surface area contributed by atoms with E-state index in [0.717, 1.165) is 27.8 Å². The number of hydrogen-bond donors (Lipinski definition) is 0. The Balaban J connectivity index is 1.48. The molecular weight excluding hydrogens is 576 g/mol. The largest absolute Gasteiger partial charge is 0.496 e. The van der Waals surface area contributed by atoms with Crippen molar-refractivity contribution in [2.75, 3.05) is 30.6 Å². The van der Waals surface area contributed by atoms with Gasteiger partial charge in [-0.2, -0.15) is 5.10 Å². The Morgan fingerprint density at radius 3 is 2.56 bits per heavy atom. The molecule has 0 N–H and O–H groups in total. The van der Waals surface area contributed by atoms with Crippen LogP contribution in [0.1, 0.15) is 24.7 Å². The highest BCUT2D eigenvalue weighted by molar-refractivity contribution is 7.90. The number of nitrogens with zero attached hydrogens (tertiary/aromatic N) is 7. The molecule has 0 bridgehead atoms. The number of alkyl halides is 2. The third kappa shape index (κ3) is 5.52. The van der Waals surface area contributed by atoms with Crippen LogP contribution < -0.4 is 9.64 Å². The molecule has 0 aliphatic carbocycles. The summed E-state index contributed by atoms with van der Waals surface area (Å²) < 4.78 is 57.5. The van der Waals surface area contributed by atoms with E-state index in [9.17, 15) is 17.2 Å². The summed E-state index contributed by atoms with van der Waals surface area (Å²) in [6, 6.07) is 10.2. The number of pyridine rings is 4. The Bertz CT molecular complexity index is 1930. The second kappa shape index (κ2) is 11.0. The molecule has 1 fully saturated rings. The molecule has 222 valence electrons. The second-order valence-electron chi connectivity index (χ2n) is 10.7. The van der Waals surface area contributed by atoms with Gasteiger partial charge in [-0.1, -0.05) is 0 Å². The van der Waals surface area contributed by atoms with E-state index in [2.05, 4.69) is 20.0 Å². The minimum Gasteiger partial charge on any atom is -0.496 e. The lowest BCUT2D eigenvalue weighted by atomic mass is 9.91. The molecule has 5 aromatic heterocycles. The van der Waals surface area contributed by atoms with E-state index in [1.165, 1.54) is 18.5 Å². The van der Waals surface area contributed by atoms with Crippen LogP contribution in [-0.2, 0) is 9.84 Å². The molecule has 0 unspecified atom stereocenters. The first-order valence-electron chi connectivity index (χ1n) is 13.6. The van der Waals surface area contributed by atoms with E-state index in [0.29, 0.717) is 35.1 Å². The van der Waals surface area contributed by atoms with Crippen molar-refractivity contribution in [2.24, 2.45) is 5.92 Å². The molecule has 6 rings (SSSR count). The summed E-state index contributed by atoms with van der Waals surface area (Å²) in [4.78, 5) is 19.9. The van der Waals surface area contributed by atoms with Crippen LogP contribution >= 0.6 is 0 Å². The van der Waals surface area contributed by atoms with Gasteiger partial charge in [-0.05, 0) is 44.2 Å². The van der Waals surface area contributed by atoms with E-state index in [4.69, 9.17) is 14.7 Å². The van der Waals surface area contributed by atoms with E-state index < -0.39 is 16.3 Å². The van der Waals surface area contributed by atoms with Crippen molar-refractivity contribution in [1.29, 1.82) is 0 Å². The zero-order valence-electron chi connectivity index (χ0n) is 23.9. The second-order valence-corrected chi connectivity index (χ2v) is 12.9. The van der Waals surface area contributed by atoms with E-state index in [1.807, 2.05) is 32.0 Å². The van der Waals surface area contributed by atoms with Crippen LogP contribution in [0.4, 0.5) is 14.5 Å². The number of ether oxygens (including phenoxy) is 1. The van der Waals surface area contributed by atoms with Gasteiger partial charge in [0, 0.05) is 71.7 Å². The predicted molar refractivity (Wildman–Crippen MR) is 159 cm³/mol. The van der Waals surface area contributed by atoms with E-state index in [-0.39, 0.29) is 23.4 Å². The highest BCUT2D eigenvalue weighted by Gasteiger charge is 2.38. The quantitative estimate of drug-likeness (QED) is 0.239. The van der Waals surface area contributed by atoms with Gasteiger partial charge in [-0.3, -0.25) is 15.0 Å². The maximum atomic E-state index is 13.2. The molecule has 0 amide bonds. The fraction of sp³-hybridized carbons (Fsp3) is 0.300. The third-order valence-electron chi connectivity index (χ3n) is 7.81. The summed E-state index contributed by atoms with van der Waals surface area (Å²) >= 11 is 0. The normalized spacial score (nSPS) is 17.0. The van der Waals surface area contributed by atoms with Crippen LogP contribution in [0.5, 0.6) is 5.75 Å². The number of rotatable bonds is 8. The van der Waals surface area contributed by atoms with E-state index >= 15 is 0 Å². The molecule has 13 heteroatoms. The number of methoxy groups -OCH3 is 1. The first kappa shape index (κ1) is 28.6. The van der Waals surface area contributed by atoms with Gasteiger partial charge >= 0.3 is 0 Å². The molecule has 0 spiro atoms. The molecule has 6 heterocycles. The Labute approximate surface area is 247 Å². The van der Waals surface area contributed by atoms with Crippen molar-refractivity contribution in [3.05, 3.63) is 72.6 Å². The number of fused-ring (bicyclic) bond motifs is 1. The number of aryl methyl sites for hydroxylation is 1. The zero-order valence-corrected chi connectivity index (χ0v) is 24.8.